The molecule has 260 valence electrons. The van der Waals surface area contributed by atoms with Crippen LogP contribution in [0.25, 0.3) is 0 Å². The summed E-state index contributed by atoms with van der Waals surface area (Å²) in [4.78, 5) is 40.1. The number of ether oxygens (including phenoxy) is 1. The molecule has 2 aliphatic heterocycles. The van der Waals surface area contributed by atoms with E-state index < -0.39 is 17.7 Å². The molecule has 9 nitrogen and oxygen atoms in total. The lowest BCUT2D eigenvalue weighted by atomic mass is 9.92. The minimum atomic E-state index is -1.32. The number of hydrogen-bond acceptors (Lipinski definition) is 7. The van der Waals surface area contributed by atoms with Gasteiger partial charge in [0.05, 0.1) is 11.1 Å². The maximum atomic E-state index is 12.4. The number of hydrogen-bond donors (Lipinski definition) is 3. The number of para-hydroxylation sites is 1. The quantitative estimate of drug-likeness (QED) is 0.161. The van der Waals surface area contributed by atoms with Crippen molar-refractivity contribution in [2.24, 2.45) is 0 Å². The van der Waals surface area contributed by atoms with Crippen LogP contribution in [0.1, 0.15) is 60.6 Å². The van der Waals surface area contributed by atoms with E-state index in [1.807, 2.05) is 30.3 Å². The summed E-state index contributed by atoms with van der Waals surface area (Å²) in [6.45, 7) is 9.57. The van der Waals surface area contributed by atoms with Crippen LogP contribution in [0.5, 0.6) is 11.5 Å². The van der Waals surface area contributed by atoms with Gasteiger partial charge in [-0.25, -0.2) is 9.59 Å². The van der Waals surface area contributed by atoms with Crippen LogP contribution < -0.4 is 10.1 Å². The topological polar surface area (TPSA) is 119 Å². The Kier molecular flexibility index (Phi) is 15.3. The summed E-state index contributed by atoms with van der Waals surface area (Å²) in [6, 6.07) is 30.0. The van der Waals surface area contributed by atoms with Gasteiger partial charge in [-0.1, -0.05) is 60.7 Å². The van der Waals surface area contributed by atoms with E-state index in [-0.39, 0.29) is 47.1 Å². The Hall–Kier alpha value is -4.25. The molecule has 0 radical (unpaired) electrons. The van der Waals surface area contributed by atoms with E-state index in [2.05, 4.69) is 39.4 Å². The van der Waals surface area contributed by atoms with Crippen molar-refractivity contribution in [2.75, 3.05) is 39.3 Å². The van der Waals surface area contributed by atoms with Gasteiger partial charge in [-0.15, -0.1) is 24.8 Å². The third kappa shape index (κ3) is 10.6. The molecule has 0 aliphatic carbocycles. The number of likely N-dealkylation sites (tertiary alicyclic amines) is 1. The van der Waals surface area contributed by atoms with Gasteiger partial charge in [0.1, 0.15) is 11.5 Å². The van der Waals surface area contributed by atoms with Crippen molar-refractivity contribution in [2.45, 2.75) is 32.4 Å². The number of rotatable bonds is 9. The van der Waals surface area contributed by atoms with Crippen molar-refractivity contribution in [3.63, 3.8) is 0 Å². The molecule has 2 saturated heterocycles. The number of carbonyl (C=O) groups is 3. The maximum absolute atomic E-state index is 12.4. The fourth-order valence-electron chi connectivity index (χ4n) is 6.19. The summed E-state index contributed by atoms with van der Waals surface area (Å²) in [5.41, 5.74) is 1.36. The molecule has 11 heteroatoms. The molecule has 2 aliphatic rings. The molecule has 3 N–H and O–H groups in total. The first-order valence-corrected chi connectivity index (χ1v) is 16.0. The number of nitrogens with zero attached hydrogens (tertiary/aromatic N) is 2. The number of aromatic carboxylic acids is 2. The number of carbonyl (C=O) groups excluding carboxylic acids is 1. The zero-order valence-corrected chi connectivity index (χ0v) is 29.1. The standard InChI is InChI=1S/C22H29N3O.C16H12O5.2ClH/c1-2-4-21(5-3-1)26-22-8-6-19(7-9-22)18-24-14-10-20(11-15-24)25-16-12-23-13-17-25;1-9-11(15(18)19)7-8-12(13(9)16(20)21)14(17)10-5-3-2-4-6-10;;/h1-9,20,23H,10-18H2;2-8H,1H3,(H,18,19)(H,20,21);2*1H. The van der Waals surface area contributed by atoms with E-state index in [1.54, 1.807) is 30.3 Å². The Balaban J connectivity index is 0.000000261. The lowest BCUT2D eigenvalue weighted by molar-refractivity contribution is 0.0691. The molecule has 0 atom stereocenters. The van der Waals surface area contributed by atoms with E-state index in [0.29, 0.717) is 5.56 Å². The van der Waals surface area contributed by atoms with Gasteiger partial charge in [0.25, 0.3) is 0 Å². The van der Waals surface area contributed by atoms with Crippen molar-refractivity contribution in [1.82, 2.24) is 15.1 Å². The third-order valence-corrected chi connectivity index (χ3v) is 8.72. The van der Waals surface area contributed by atoms with Crippen molar-refractivity contribution in [3.05, 3.63) is 130 Å². The minimum Gasteiger partial charge on any atom is -0.478 e. The largest absolute Gasteiger partial charge is 0.478 e. The second-order valence-electron chi connectivity index (χ2n) is 11.8. The molecule has 0 bridgehead atoms. The molecule has 0 aromatic heterocycles. The zero-order valence-electron chi connectivity index (χ0n) is 27.4. The predicted molar refractivity (Wildman–Crippen MR) is 195 cm³/mol. The van der Waals surface area contributed by atoms with Crippen LogP contribution in [-0.2, 0) is 6.54 Å². The van der Waals surface area contributed by atoms with Crippen molar-refractivity contribution < 1.29 is 29.3 Å². The minimum absolute atomic E-state index is 0. The predicted octanol–water partition coefficient (Wildman–Crippen LogP) is 6.81. The molecular formula is C38H43Cl2N3O6. The van der Waals surface area contributed by atoms with Crippen molar-refractivity contribution in [3.8, 4) is 11.5 Å². The highest BCUT2D eigenvalue weighted by Gasteiger charge is 2.26. The number of benzene rings is 4. The molecule has 0 unspecified atom stereocenters. The normalized spacial score (nSPS) is 15.0. The summed E-state index contributed by atoms with van der Waals surface area (Å²) in [5, 5.41) is 21.8. The van der Waals surface area contributed by atoms with E-state index in [4.69, 9.17) is 9.84 Å². The molecule has 0 saturated carbocycles. The number of piperidine rings is 1. The average Bonchev–Trinajstić information content (AvgIpc) is 3.10. The zero-order chi connectivity index (χ0) is 33.2. The van der Waals surface area contributed by atoms with Gasteiger partial charge >= 0.3 is 11.9 Å². The van der Waals surface area contributed by atoms with Gasteiger partial charge in [-0.2, -0.15) is 0 Å². The van der Waals surface area contributed by atoms with Crippen LogP contribution in [0, 0.1) is 6.92 Å². The van der Waals surface area contributed by atoms with E-state index >= 15 is 0 Å². The van der Waals surface area contributed by atoms with Crippen LogP contribution >= 0.6 is 24.8 Å². The van der Waals surface area contributed by atoms with E-state index in [1.165, 1.54) is 63.6 Å². The van der Waals surface area contributed by atoms with Gasteiger partial charge in [-0.05, 0) is 80.4 Å². The average molecular weight is 709 g/mol. The number of piperazine rings is 1. The molecule has 4 aromatic carbocycles. The number of nitrogens with one attached hydrogen (secondary N) is 1. The summed E-state index contributed by atoms with van der Waals surface area (Å²) in [5.74, 6) is -1.22. The summed E-state index contributed by atoms with van der Waals surface area (Å²) < 4.78 is 5.88. The van der Waals surface area contributed by atoms with Gasteiger partial charge in [0, 0.05) is 49.9 Å². The first kappa shape index (κ1) is 39.2. The van der Waals surface area contributed by atoms with E-state index in [9.17, 15) is 19.5 Å². The molecule has 0 spiro atoms. The number of carboxylic acids is 2. The fraction of sp³-hybridized carbons (Fsp3) is 0.289. The molecule has 2 heterocycles. The number of halogens is 2. The summed E-state index contributed by atoms with van der Waals surface area (Å²) in [6.07, 6.45) is 2.60. The number of carboxylic acid groups (broad SMARTS) is 2. The second-order valence-corrected chi connectivity index (χ2v) is 11.8. The van der Waals surface area contributed by atoms with Crippen LogP contribution in [0.2, 0.25) is 0 Å². The molecule has 0 amide bonds. The highest BCUT2D eigenvalue weighted by Crippen LogP contribution is 2.24. The monoisotopic (exact) mass is 707 g/mol. The van der Waals surface area contributed by atoms with Crippen LogP contribution in [0.3, 0.4) is 0 Å². The number of ketones is 1. The smallest absolute Gasteiger partial charge is 0.336 e. The third-order valence-electron chi connectivity index (χ3n) is 8.72. The fourth-order valence-corrected chi connectivity index (χ4v) is 6.19. The maximum Gasteiger partial charge on any atom is 0.336 e. The van der Waals surface area contributed by atoms with Crippen LogP contribution in [0.15, 0.2) is 97.1 Å². The second kappa shape index (κ2) is 19.1. The Morgan fingerprint density at radius 1 is 0.714 bits per heavy atom. The lowest BCUT2D eigenvalue weighted by Crippen LogP contribution is -2.51. The van der Waals surface area contributed by atoms with E-state index in [0.717, 1.165) is 37.2 Å². The molecule has 6 rings (SSSR count). The van der Waals surface area contributed by atoms with Crippen molar-refractivity contribution >= 4 is 42.5 Å². The van der Waals surface area contributed by atoms with Crippen LogP contribution in [0.4, 0.5) is 0 Å². The molecule has 49 heavy (non-hydrogen) atoms. The van der Waals surface area contributed by atoms with Crippen LogP contribution in [-0.4, -0.2) is 83.0 Å². The first-order valence-electron chi connectivity index (χ1n) is 16.0. The highest BCUT2D eigenvalue weighted by molar-refractivity contribution is 6.15. The summed E-state index contributed by atoms with van der Waals surface area (Å²) in [7, 11) is 0. The van der Waals surface area contributed by atoms with Gasteiger partial charge < -0.3 is 20.3 Å². The Bertz CT molecular complexity index is 1660. The SMILES string of the molecule is Cc1c(C(=O)O)ccc(C(=O)c2ccccc2)c1C(=O)O.Cl.Cl.c1ccc(Oc2ccc(CN3CCC(N4CCNCC4)CC3)cc2)cc1. The van der Waals surface area contributed by atoms with Gasteiger partial charge in [0.2, 0.25) is 0 Å². The van der Waals surface area contributed by atoms with Gasteiger partial charge in [-0.3, -0.25) is 14.6 Å². The highest BCUT2D eigenvalue weighted by atomic mass is 35.5. The van der Waals surface area contributed by atoms with Gasteiger partial charge in [0.15, 0.2) is 5.78 Å². The molecular weight excluding hydrogens is 665 g/mol. The Morgan fingerprint density at radius 2 is 1.27 bits per heavy atom. The van der Waals surface area contributed by atoms with Crippen molar-refractivity contribution in [1.29, 1.82) is 0 Å². The lowest BCUT2D eigenvalue weighted by Gasteiger charge is -2.40. The molecule has 2 fully saturated rings. The first-order chi connectivity index (χ1) is 22.8. The Labute approximate surface area is 299 Å². The Morgan fingerprint density at radius 3 is 1.84 bits per heavy atom. The molecule has 4 aromatic rings. The summed E-state index contributed by atoms with van der Waals surface area (Å²) >= 11 is 0.